The molecule has 1 rings (SSSR count). The molecule has 1 fully saturated rings. The number of hydrogen-bond donors (Lipinski definition) is 0. The molecule has 9 nitrogen and oxygen atoms in total. The lowest BCUT2D eigenvalue weighted by atomic mass is 10.1. The van der Waals surface area contributed by atoms with Crippen LogP contribution in [0.4, 0.5) is 4.79 Å². The highest BCUT2D eigenvalue weighted by Crippen LogP contribution is 2.11. The highest BCUT2D eigenvalue weighted by Gasteiger charge is 2.32. The summed E-state index contributed by atoms with van der Waals surface area (Å²) in [5.74, 6) is -1.15. The molecule has 0 bridgehead atoms. The van der Waals surface area contributed by atoms with E-state index in [0.29, 0.717) is 26.2 Å². The molecule has 9 heteroatoms. The van der Waals surface area contributed by atoms with Crippen LogP contribution >= 0.6 is 0 Å². The number of rotatable bonds is 7. The lowest BCUT2D eigenvalue weighted by Gasteiger charge is -2.31. The van der Waals surface area contributed by atoms with Gasteiger partial charge in [0, 0.05) is 26.6 Å². The Morgan fingerprint density at radius 1 is 1.17 bits per heavy atom. The van der Waals surface area contributed by atoms with Crippen molar-refractivity contribution >= 4 is 18.0 Å². The van der Waals surface area contributed by atoms with Gasteiger partial charge in [-0.1, -0.05) is 0 Å². The molecule has 1 saturated heterocycles. The summed E-state index contributed by atoms with van der Waals surface area (Å²) in [6, 6.07) is -0.894. The first-order valence-electron chi connectivity index (χ1n) is 7.35. The van der Waals surface area contributed by atoms with Gasteiger partial charge in [0.25, 0.3) is 0 Å². The molecule has 0 aromatic rings. The number of morpholine rings is 1. The minimum Gasteiger partial charge on any atom is -0.467 e. The van der Waals surface area contributed by atoms with Gasteiger partial charge in [0.2, 0.25) is 0 Å². The van der Waals surface area contributed by atoms with Gasteiger partial charge in [0.05, 0.1) is 27.4 Å². The van der Waals surface area contributed by atoms with Gasteiger partial charge in [-0.3, -0.25) is 14.6 Å². The molecular weight excluding hydrogens is 308 g/mol. The fourth-order valence-electron chi connectivity index (χ4n) is 2.21. The number of hydrogen-bond acceptors (Lipinski definition) is 8. The molecule has 1 atom stereocenters. The smallest absolute Gasteiger partial charge is 0.412 e. The van der Waals surface area contributed by atoms with Crippen LogP contribution in [-0.2, 0) is 28.5 Å². The van der Waals surface area contributed by atoms with E-state index in [9.17, 15) is 14.4 Å². The highest BCUT2D eigenvalue weighted by atomic mass is 16.6. The average molecular weight is 332 g/mol. The Kier molecular flexibility index (Phi) is 8.35. The van der Waals surface area contributed by atoms with Gasteiger partial charge in [-0.05, 0) is 6.42 Å². The predicted molar refractivity (Wildman–Crippen MR) is 78.6 cm³/mol. The largest absolute Gasteiger partial charge is 0.467 e. The van der Waals surface area contributed by atoms with E-state index in [2.05, 4.69) is 9.64 Å². The summed E-state index contributed by atoms with van der Waals surface area (Å²) in [5.41, 5.74) is 0. The normalized spacial score (nSPS) is 16.3. The maximum absolute atomic E-state index is 12.0. The molecule has 1 amide bonds. The molecular formula is C14H24N2O7. The standard InChI is InChI=1S/C14H24N2O7/c1-11(17)23-10-16(14(19)21-3)12(13(18)20-2)4-5-15-6-8-22-9-7-15/h12H,4-10H2,1-3H3. The van der Waals surface area contributed by atoms with E-state index in [-0.39, 0.29) is 6.73 Å². The number of methoxy groups -OCH3 is 2. The molecule has 1 aliphatic heterocycles. The molecule has 0 N–H and O–H groups in total. The number of amides is 1. The number of nitrogens with zero attached hydrogens (tertiary/aromatic N) is 2. The summed E-state index contributed by atoms with van der Waals surface area (Å²) in [7, 11) is 2.44. The predicted octanol–water partition coefficient (Wildman–Crippen LogP) is -0.161. The summed E-state index contributed by atoms with van der Waals surface area (Å²) in [6.45, 7) is 4.22. The van der Waals surface area contributed by atoms with Crippen LogP contribution in [0, 0.1) is 0 Å². The van der Waals surface area contributed by atoms with Crippen LogP contribution in [0.2, 0.25) is 0 Å². The average Bonchev–Trinajstić information content (AvgIpc) is 2.57. The molecule has 23 heavy (non-hydrogen) atoms. The third kappa shape index (κ3) is 6.41. The summed E-state index contributed by atoms with van der Waals surface area (Å²) < 4.78 is 19.5. The molecule has 0 aromatic heterocycles. The molecule has 0 aliphatic carbocycles. The second-order valence-electron chi connectivity index (χ2n) is 4.99. The van der Waals surface area contributed by atoms with Crippen LogP contribution in [0.5, 0.6) is 0 Å². The van der Waals surface area contributed by atoms with Gasteiger partial charge in [-0.15, -0.1) is 0 Å². The van der Waals surface area contributed by atoms with Gasteiger partial charge in [0.15, 0.2) is 6.73 Å². The zero-order chi connectivity index (χ0) is 17.2. The van der Waals surface area contributed by atoms with E-state index in [1.807, 2.05) is 0 Å². The molecule has 0 aromatic carbocycles. The van der Waals surface area contributed by atoms with Gasteiger partial charge >= 0.3 is 18.0 Å². The molecule has 0 saturated carbocycles. The van der Waals surface area contributed by atoms with Crippen LogP contribution in [0.3, 0.4) is 0 Å². The topological polar surface area (TPSA) is 94.6 Å². The van der Waals surface area contributed by atoms with Crippen molar-refractivity contribution in [3.8, 4) is 0 Å². The lowest BCUT2D eigenvalue weighted by molar-refractivity contribution is -0.155. The second kappa shape index (κ2) is 10.0. The Bertz CT molecular complexity index is 410. The van der Waals surface area contributed by atoms with E-state index in [1.54, 1.807) is 0 Å². The first-order chi connectivity index (χ1) is 11.0. The van der Waals surface area contributed by atoms with Crippen molar-refractivity contribution in [2.75, 3.05) is 53.8 Å². The molecule has 0 spiro atoms. The van der Waals surface area contributed by atoms with E-state index in [1.165, 1.54) is 21.1 Å². The Labute approximate surface area is 135 Å². The minimum absolute atomic E-state index is 0.336. The van der Waals surface area contributed by atoms with Crippen LogP contribution in [-0.4, -0.2) is 87.7 Å². The minimum atomic E-state index is -0.894. The van der Waals surface area contributed by atoms with E-state index >= 15 is 0 Å². The summed E-state index contributed by atoms with van der Waals surface area (Å²) in [5, 5.41) is 0. The Morgan fingerprint density at radius 3 is 2.35 bits per heavy atom. The lowest BCUT2D eigenvalue weighted by Crippen LogP contribution is -2.49. The van der Waals surface area contributed by atoms with Crippen molar-refractivity contribution in [3.05, 3.63) is 0 Å². The maximum Gasteiger partial charge on any atom is 0.412 e. The monoisotopic (exact) mass is 332 g/mol. The van der Waals surface area contributed by atoms with E-state index < -0.39 is 24.1 Å². The molecule has 0 radical (unpaired) electrons. The van der Waals surface area contributed by atoms with Crippen molar-refractivity contribution in [2.24, 2.45) is 0 Å². The van der Waals surface area contributed by atoms with Gasteiger partial charge in [-0.25, -0.2) is 9.59 Å². The van der Waals surface area contributed by atoms with Crippen molar-refractivity contribution in [1.29, 1.82) is 0 Å². The SMILES string of the molecule is COC(=O)C(CCN1CCOCC1)N(COC(C)=O)C(=O)OC. The van der Waals surface area contributed by atoms with Gasteiger partial charge < -0.3 is 18.9 Å². The van der Waals surface area contributed by atoms with E-state index in [4.69, 9.17) is 14.2 Å². The Morgan fingerprint density at radius 2 is 1.83 bits per heavy atom. The van der Waals surface area contributed by atoms with E-state index in [0.717, 1.165) is 18.0 Å². The van der Waals surface area contributed by atoms with Crippen molar-refractivity contribution in [3.63, 3.8) is 0 Å². The number of ether oxygens (including phenoxy) is 4. The van der Waals surface area contributed by atoms with Crippen LogP contribution in [0.1, 0.15) is 13.3 Å². The fourth-order valence-corrected chi connectivity index (χ4v) is 2.21. The zero-order valence-electron chi connectivity index (χ0n) is 13.8. The van der Waals surface area contributed by atoms with Crippen LogP contribution < -0.4 is 0 Å². The summed E-state index contributed by atoms with van der Waals surface area (Å²) in [6.07, 6.45) is -0.424. The molecule has 1 unspecified atom stereocenters. The van der Waals surface area contributed by atoms with Gasteiger partial charge in [0.1, 0.15) is 6.04 Å². The first kappa shape index (κ1) is 19.2. The molecule has 132 valence electrons. The maximum atomic E-state index is 12.0. The Balaban J connectivity index is 2.74. The summed E-state index contributed by atoms with van der Waals surface area (Å²) in [4.78, 5) is 38.1. The number of esters is 2. The zero-order valence-corrected chi connectivity index (χ0v) is 13.8. The van der Waals surface area contributed by atoms with Gasteiger partial charge in [-0.2, -0.15) is 0 Å². The third-order valence-corrected chi connectivity index (χ3v) is 3.49. The quantitative estimate of drug-likeness (QED) is 0.361. The molecule has 1 heterocycles. The van der Waals surface area contributed by atoms with Crippen LogP contribution in [0.15, 0.2) is 0 Å². The highest BCUT2D eigenvalue weighted by molar-refractivity contribution is 5.81. The third-order valence-electron chi connectivity index (χ3n) is 3.49. The fraction of sp³-hybridized carbons (Fsp3) is 0.786. The molecule has 1 aliphatic rings. The van der Waals surface area contributed by atoms with Crippen LogP contribution in [0.25, 0.3) is 0 Å². The van der Waals surface area contributed by atoms with Crippen molar-refractivity contribution in [2.45, 2.75) is 19.4 Å². The number of carbonyl (C=O) groups excluding carboxylic acids is 3. The number of carbonyl (C=O) groups is 3. The second-order valence-corrected chi connectivity index (χ2v) is 4.99. The Hall–Kier alpha value is -1.87. The summed E-state index contributed by atoms with van der Waals surface area (Å²) >= 11 is 0. The van der Waals surface area contributed by atoms with Crippen molar-refractivity contribution in [1.82, 2.24) is 9.80 Å². The first-order valence-corrected chi connectivity index (χ1v) is 7.35. The van der Waals surface area contributed by atoms with Crippen molar-refractivity contribution < 1.29 is 33.3 Å².